The minimum atomic E-state index is -0.363. The third-order valence-corrected chi connectivity index (χ3v) is 16.9. The number of aromatic amines is 2. The number of halogens is 7. The van der Waals surface area contributed by atoms with Crippen molar-refractivity contribution in [1.29, 1.82) is 0 Å². The van der Waals surface area contributed by atoms with E-state index in [1.165, 1.54) is 0 Å². The SMILES string of the molecule is O=[N+]([O-])c1c(Br)c2[nH]c1c(-c1ccccc1)c1nc(c(-c3ccccc3)c3[nH]c(c(Br)c3Br)c(-c3ccccc3)c3nc(c2-c2ccccc2)C(Br)=C3Br)C(Br)=C1Br. The first-order valence-electron chi connectivity index (χ1n) is 17.4. The molecule has 3 aromatic heterocycles. The predicted molar refractivity (Wildman–Crippen MR) is 262 cm³/mol. The van der Waals surface area contributed by atoms with Gasteiger partial charge in [-0.15, -0.1) is 0 Å². The largest absolute Gasteiger partial charge is 0.352 e. The molecule has 2 aliphatic rings. The fourth-order valence-corrected chi connectivity index (χ4v) is 10.8. The average Bonchev–Trinajstić information content (AvgIpc) is 3.92. The second kappa shape index (κ2) is 16.0. The zero-order valence-electron chi connectivity index (χ0n) is 29.4. The highest BCUT2D eigenvalue weighted by molar-refractivity contribution is 9.18. The summed E-state index contributed by atoms with van der Waals surface area (Å²) in [7, 11) is 0. The van der Waals surface area contributed by atoms with Crippen LogP contribution in [0, 0.1) is 10.1 Å². The Balaban J connectivity index is 1.65. The molecule has 0 radical (unpaired) electrons. The third kappa shape index (κ3) is 6.59. The second-order valence-corrected chi connectivity index (χ2v) is 18.7. The fourth-order valence-electron chi connectivity index (χ4n) is 7.31. The quantitative estimate of drug-likeness (QED) is 0.132. The number of fused-ring (bicyclic) bond motifs is 8. The van der Waals surface area contributed by atoms with Gasteiger partial charge in [0.15, 0.2) is 0 Å². The van der Waals surface area contributed by atoms with E-state index in [-0.39, 0.29) is 20.6 Å². The van der Waals surface area contributed by atoms with Gasteiger partial charge in [0.2, 0.25) is 0 Å². The maximum Gasteiger partial charge on any atom is 0.309 e. The number of nitrogens with zero attached hydrogens (tertiary/aromatic N) is 3. The van der Waals surface area contributed by atoms with Crippen molar-refractivity contribution in [3.05, 3.63) is 168 Å². The number of rotatable bonds is 5. The summed E-state index contributed by atoms with van der Waals surface area (Å²) in [5, 5.41) is 13.4. The molecule has 9 rings (SSSR count). The Bertz CT molecular complexity index is 3090. The van der Waals surface area contributed by atoms with E-state index in [2.05, 4.69) is 121 Å². The van der Waals surface area contributed by atoms with E-state index in [9.17, 15) is 10.1 Å². The van der Waals surface area contributed by atoms with Crippen LogP contribution < -0.4 is 0 Å². The average molecular weight is 1210 g/mol. The number of H-pyrrole nitrogens is 2. The molecule has 5 heterocycles. The van der Waals surface area contributed by atoms with Gasteiger partial charge in [0.05, 0.1) is 71.1 Å². The van der Waals surface area contributed by atoms with Gasteiger partial charge in [-0.05, 0) is 134 Å². The van der Waals surface area contributed by atoms with Crippen LogP contribution >= 0.6 is 112 Å². The summed E-state index contributed by atoms with van der Waals surface area (Å²) in [6.45, 7) is 0. The van der Waals surface area contributed by atoms with Crippen LogP contribution in [0.2, 0.25) is 0 Å². The molecule has 284 valence electrons. The molecule has 7 aromatic rings. The summed E-state index contributed by atoms with van der Waals surface area (Å²) in [4.78, 5) is 31.2. The summed E-state index contributed by atoms with van der Waals surface area (Å²) < 4.78 is 4.49. The van der Waals surface area contributed by atoms with Gasteiger partial charge < -0.3 is 9.97 Å². The van der Waals surface area contributed by atoms with Gasteiger partial charge in [-0.3, -0.25) is 10.1 Å². The molecule has 0 saturated carbocycles. The van der Waals surface area contributed by atoms with E-state index in [0.717, 1.165) is 53.4 Å². The second-order valence-electron chi connectivity index (χ2n) is 13.1. The lowest BCUT2D eigenvalue weighted by Crippen LogP contribution is -1.92. The molecule has 0 amide bonds. The molecule has 0 fully saturated rings. The highest BCUT2D eigenvalue weighted by Gasteiger charge is 2.33. The number of nitrogens with one attached hydrogen (secondary N) is 2. The maximum atomic E-state index is 13.4. The summed E-state index contributed by atoms with van der Waals surface area (Å²) in [5.41, 5.74) is 10.5. The lowest BCUT2D eigenvalue weighted by atomic mass is 10.0. The van der Waals surface area contributed by atoms with Gasteiger partial charge in [-0.2, -0.15) is 0 Å². The van der Waals surface area contributed by atoms with Crippen molar-refractivity contribution in [3.63, 3.8) is 0 Å². The Morgan fingerprint density at radius 3 is 0.948 bits per heavy atom. The van der Waals surface area contributed by atoms with Gasteiger partial charge in [0.25, 0.3) is 0 Å². The van der Waals surface area contributed by atoms with Crippen LogP contribution in [0.25, 0.3) is 84.5 Å². The zero-order valence-corrected chi connectivity index (χ0v) is 40.5. The summed E-state index contributed by atoms with van der Waals surface area (Å²) >= 11 is 27.4. The van der Waals surface area contributed by atoms with Crippen LogP contribution in [0.5, 0.6) is 0 Å². The standard InChI is InChI=1S/C44H22Br7N5O2/c45-29-30(46)37-26(22-15-7-2-8-16-22)39-33(49)34(50)41(54-39)28(24-19-11-4-12-20-24)43-44(56(57)58)35(51)42(55-43)27(23-17-9-3-10-18-23)40-32(48)31(47)38(53-40)25(36(29)52-37)21-13-5-1-6-14-21/h1-20,52,55H. The third-order valence-electron chi connectivity index (χ3n) is 9.84. The van der Waals surface area contributed by atoms with Crippen LogP contribution in [0.15, 0.2) is 135 Å². The minimum absolute atomic E-state index is 0.148. The Morgan fingerprint density at radius 1 is 0.397 bits per heavy atom. The lowest BCUT2D eigenvalue weighted by molar-refractivity contribution is -0.383. The van der Waals surface area contributed by atoms with Crippen molar-refractivity contribution in [3.8, 4) is 44.5 Å². The van der Waals surface area contributed by atoms with Gasteiger partial charge >= 0.3 is 5.69 Å². The van der Waals surface area contributed by atoms with Gasteiger partial charge in [-0.25, -0.2) is 9.97 Å². The number of aromatic nitrogens is 4. The Labute approximate surface area is 390 Å². The molecule has 8 bridgehead atoms. The molecule has 0 saturated heterocycles. The summed E-state index contributed by atoms with van der Waals surface area (Å²) in [6, 6.07) is 39.4. The molecule has 7 nitrogen and oxygen atoms in total. The number of benzene rings is 4. The van der Waals surface area contributed by atoms with Crippen molar-refractivity contribution in [2.24, 2.45) is 0 Å². The monoisotopic (exact) mass is 1200 g/mol. The Morgan fingerprint density at radius 2 is 0.655 bits per heavy atom. The fraction of sp³-hybridized carbons (Fsp3) is 0. The van der Waals surface area contributed by atoms with Crippen molar-refractivity contribution >= 4 is 157 Å². The number of hydrogen-bond acceptors (Lipinski definition) is 4. The Kier molecular flexibility index (Phi) is 11.0. The molecule has 0 aliphatic carbocycles. The van der Waals surface area contributed by atoms with Crippen molar-refractivity contribution < 1.29 is 4.92 Å². The van der Waals surface area contributed by atoms with Crippen LogP contribution in [0.3, 0.4) is 0 Å². The normalized spacial score (nSPS) is 12.7. The van der Waals surface area contributed by atoms with E-state index < -0.39 is 0 Å². The molecule has 4 aromatic carbocycles. The maximum absolute atomic E-state index is 13.4. The molecule has 0 atom stereocenters. The van der Waals surface area contributed by atoms with Crippen LogP contribution in [0.1, 0.15) is 22.8 Å². The molecule has 0 spiro atoms. The molecule has 58 heavy (non-hydrogen) atoms. The molecule has 14 heteroatoms. The predicted octanol–water partition coefficient (Wildman–Crippen LogP) is 16.4. The van der Waals surface area contributed by atoms with Crippen molar-refractivity contribution in [2.75, 3.05) is 0 Å². The first-order valence-corrected chi connectivity index (χ1v) is 23.0. The Hall–Kier alpha value is -3.76. The first-order chi connectivity index (χ1) is 28.1. The number of hydrogen-bond donors (Lipinski definition) is 2. The van der Waals surface area contributed by atoms with E-state index >= 15 is 0 Å². The van der Waals surface area contributed by atoms with Gasteiger partial charge in [0, 0.05) is 22.3 Å². The summed E-state index contributed by atoms with van der Waals surface area (Å²) in [5.74, 6) is 0. The molecular formula is C44H22Br7N5O2. The molecule has 0 unspecified atom stereocenters. The van der Waals surface area contributed by atoms with Crippen LogP contribution in [-0.2, 0) is 0 Å². The molecule has 2 aliphatic heterocycles. The molecule has 2 N–H and O–H groups in total. The highest BCUT2D eigenvalue weighted by Crippen LogP contribution is 2.53. The van der Waals surface area contributed by atoms with Crippen molar-refractivity contribution in [1.82, 2.24) is 19.9 Å². The lowest BCUT2D eigenvalue weighted by Gasteiger charge is -2.07. The first kappa shape index (κ1) is 39.7. The van der Waals surface area contributed by atoms with Crippen LogP contribution in [0.4, 0.5) is 5.69 Å². The van der Waals surface area contributed by atoms with Crippen molar-refractivity contribution in [2.45, 2.75) is 0 Å². The van der Waals surface area contributed by atoms with E-state index in [1.807, 2.05) is 121 Å². The summed E-state index contributed by atoms with van der Waals surface area (Å²) in [6.07, 6.45) is 0. The molecular weight excluding hydrogens is 1190 g/mol. The number of nitro groups is 1. The van der Waals surface area contributed by atoms with Gasteiger partial charge in [0.1, 0.15) is 9.99 Å². The van der Waals surface area contributed by atoms with E-state index in [4.69, 9.17) is 9.97 Å². The highest BCUT2D eigenvalue weighted by atomic mass is 79.9. The van der Waals surface area contributed by atoms with E-state index in [1.54, 1.807) is 0 Å². The van der Waals surface area contributed by atoms with Crippen LogP contribution in [-0.4, -0.2) is 24.9 Å². The minimum Gasteiger partial charge on any atom is -0.352 e. The smallest absolute Gasteiger partial charge is 0.309 e. The van der Waals surface area contributed by atoms with Gasteiger partial charge in [-0.1, -0.05) is 121 Å². The zero-order chi connectivity index (χ0) is 40.4. The van der Waals surface area contributed by atoms with E-state index in [0.29, 0.717) is 57.3 Å². The topological polar surface area (TPSA) is 100 Å².